The van der Waals surface area contributed by atoms with Crippen molar-refractivity contribution in [1.29, 1.82) is 0 Å². The Morgan fingerprint density at radius 1 is 1.67 bits per heavy atom. The fraction of sp³-hybridized carbons (Fsp3) is 0.833. The van der Waals surface area contributed by atoms with E-state index >= 15 is 0 Å². The lowest BCUT2D eigenvalue weighted by Gasteiger charge is -2.35. The summed E-state index contributed by atoms with van der Waals surface area (Å²) in [5, 5.41) is 12.1. The van der Waals surface area contributed by atoms with Gasteiger partial charge in [0.05, 0.1) is 6.54 Å². The lowest BCUT2D eigenvalue weighted by atomic mass is 9.90. The summed E-state index contributed by atoms with van der Waals surface area (Å²) in [7, 11) is 0. The molecule has 0 aromatic rings. The lowest BCUT2D eigenvalue weighted by Crippen LogP contribution is -2.53. The summed E-state index contributed by atoms with van der Waals surface area (Å²) in [5.74, 6) is -0.751. The Kier molecular flexibility index (Phi) is 3.75. The zero-order chi connectivity index (χ0) is 13.2. The molecule has 0 aromatic carbocycles. The number of nitrogens with one attached hydrogen (secondary N) is 1. The normalized spacial score (nSPS) is 32.3. The predicted octanol–water partition coefficient (Wildman–Crippen LogP) is 0.814. The minimum absolute atomic E-state index is 0.230. The number of carbonyl (C=O) groups is 2. The number of cyclic esters (lactones) is 1. The molecule has 6 nitrogen and oxygen atoms in total. The molecular formula is C12H20N2O4. The summed E-state index contributed by atoms with van der Waals surface area (Å²) in [6.07, 6.45) is 2.42. The molecule has 102 valence electrons. The summed E-state index contributed by atoms with van der Waals surface area (Å²) in [5.41, 5.74) is -0.760. The molecular weight excluding hydrogens is 236 g/mol. The molecule has 2 heterocycles. The van der Waals surface area contributed by atoms with Gasteiger partial charge >= 0.3 is 12.1 Å². The molecule has 0 saturated carbocycles. The van der Waals surface area contributed by atoms with E-state index in [1.807, 2.05) is 11.8 Å². The van der Waals surface area contributed by atoms with Crippen LogP contribution in [-0.2, 0) is 9.53 Å². The van der Waals surface area contributed by atoms with Crippen LogP contribution in [0.1, 0.15) is 32.6 Å². The third-order valence-electron chi connectivity index (χ3n) is 3.86. The van der Waals surface area contributed by atoms with Crippen LogP contribution in [-0.4, -0.2) is 53.3 Å². The highest BCUT2D eigenvalue weighted by molar-refractivity contribution is 5.79. The monoisotopic (exact) mass is 256 g/mol. The van der Waals surface area contributed by atoms with Crippen molar-refractivity contribution in [3.05, 3.63) is 0 Å². The molecule has 0 aromatic heterocycles. The van der Waals surface area contributed by atoms with Crippen molar-refractivity contribution < 1.29 is 19.4 Å². The van der Waals surface area contributed by atoms with Crippen LogP contribution in [0.3, 0.4) is 0 Å². The number of amides is 1. The molecule has 2 N–H and O–H groups in total. The molecule has 0 radical (unpaired) electrons. The highest BCUT2D eigenvalue weighted by atomic mass is 16.6. The molecule has 2 rings (SSSR count). The van der Waals surface area contributed by atoms with E-state index in [2.05, 4.69) is 5.32 Å². The fourth-order valence-corrected chi connectivity index (χ4v) is 3.03. The van der Waals surface area contributed by atoms with E-state index in [-0.39, 0.29) is 6.10 Å². The van der Waals surface area contributed by atoms with Crippen molar-refractivity contribution in [3.8, 4) is 0 Å². The molecule has 0 aliphatic carbocycles. The first kappa shape index (κ1) is 13.1. The maximum Gasteiger partial charge on any atom is 0.407 e. The van der Waals surface area contributed by atoms with Crippen molar-refractivity contribution >= 4 is 12.1 Å². The minimum atomic E-state index is -0.760. The van der Waals surface area contributed by atoms with Crippen LogP contribution in [0.25, 0.3) is 0 Å². The molecule has 2 saturated heterocycles. The van der Waals surface area contributed by atoms with E-state index in [9.17, 15) is 14.7 Å². The number of alkyl carbamates (subject to hydrolysis) is 1. The van der Waals surface area contributed by atoms with Gasteiger partial charge in [-0.2, -0.15) is 0 Å². The quantitative estimate of drug-likeness (QED) is 0.761. The summed E-state index contributed by atoms with van der Waals surface area (Å²) in [6.45, 7) is 3.74. The van der Waals surface area contributed by atoms with E-state index in [1.165, 1.54) is 0 Å². The summed E-state index contributed by atoms with van der Waals surface area (Å²) < 4.78 is 5.09. The topological polar surface area (TPSA) is 78.9 Å². The van der Waals surface area contributed by atoms with Crippen LogP contribution in [0.2, 0.25) is 0 Å². The smallest absolute Gasteiger partial charge is 0.407 e. The molecule has 2 aliphatic rings. The third-order valence-corrected chi connectivity index (χ3v) is 3.86. The van der Waals surface area contributed by atoms with Crippen molar-refractivity contribution in [2.24, 2.45) is 0 Å². The molecule has 0 bridgehead atoms. The van der Waals surface area contributed by atoms with Gasteiger partial charge in [0, 0.05) is 6.54 Å². The number of rotatable bonds is 5. The first-order chi connectivity index (χ1) is 8.58. The number of hydrogen-bond acceptors (Lipinski definition) is 4. The number of carbonyl (C=O) groups excluding carboxylic acids is 1. The third kappa shape index (κ3) is 2.29. The largest absolute Gasteiger partial charge is 0.480 e. The first-order valence-corrected chi connectivity index (χ1v) is 6.51. The van der Waals surface area contributed by atoms with E-state index < -0.39 is 17.6 Å². The van der Waals surface area contributed by atoms with E-state index in [0.29, 0.717) is 25.9 Å². The Bertz CT molecular complexity index is 347. The van der Waals surface area contributed by atoms with Crippen LogP contribution < -0.4 is 5.32 Å². The van der Waals surface area contributed by atoms with Gasteiger partial charge in [0.25, 0.3) is 0 Å². The van der Waals surface area contributed by atoms with Crippen molar-refractivity contribution in [1.82, 2.24) is 10.2 Å². The molecule has 1 amide bonds. The molecule has 2 aliphatic heterocycles. The van der Waals surface area contributed by atoms with Crippen molar-refractivity contribution in [2.45, 2.75) is 44.2 Å². The van der Waals surface area contributed by atoms with Crippen LogP contribution >= 0.6 is 0 Å². The summed E-state index contributed by atoms with van der Waals surface area (Å²) in [6, 6.07) is 0. The van der Waals surface area contributed by atoms with Gasteiger partial charge in [0.2, 0.25) is 0 Å². The molecule has 2 atom stereocenters. The van der Waals surface area contributed by atoms with Gasteiger partial charge in [-0.1, -0.05) is 13.3 Å². The van der Waals surface area contributed by atoms with Gasteiger partial charge in [-0.15, -0.1) is 0 Å². The van der Waals surface area contributed by atoms with Crippen LogP contribution in [0.15, 0.2) is 0 Å². The second-order valence-corrected chi connectivity index (χ2v) is 5.04. The van der Waals surface area contributed by atoms with Gasteiger partial charge in [-0.05, 0) is 25.8 Å². The van der Waals surface area contributed by atoms with Gasteiger partial charge < -0.3 is 15.2 Å². The molecule has 0 spiro atoms. The Balaban J connectivity index is 2.05. The van der Waals surface area contributed by atoms with Gasteiger partial charge in [-0.25, -0.2) is 4.79 Å². The van der Waals surface area contributed by atoms with E-state index in [1.54, 1.807) is 0 Å². The fourth-order valence-electron chi connectivity index (χ4n) is 3.03. The lowest BCUT2D eigenvalue weighted by molar-refractivity contribution is -0.150. The predicted molar refractivity (Wildman–Crippen MR) is 64.4 cm³/mol. The zero-order valence-corrected chi connectivity index (χ0v) is 10.6. The summed E-state index contributed by atoms with van der Waals surface area (Å²) >= 11 is 0. The summed E-state index contributed by atoms with van der Waals surface area (Å²) in [4.78, 5) is 24.6. The second-order valence-electron chi connectivity index (χ2n) is 5.04. The average Bonchev–Trinajstić information content (AvgIpc) is 2.88. The second kappa shape index (κ2) is 5.14. The molecule has 6 heteroatoms. The first-order valence-electron chi connectivity index (χ1n) is 6.51. The van der Waals surface area contributed by atoms with Crippen molar-refractivity contribution in [3.63, 3.8) is 0 Å². The Hall–Kier alpha value is -1.30. The maximum atomic E-state index is 11.6. The molecule has 2 fully saturated rings. The zero-order valence-electron chi connectivity index (χ0n) is 10.6. The number of carboxylic acid groups (broad SMARTS) is 1. The minimum Gasteiger partial charge on any atom is -0.480 e. The van der Waals surface area contributed by atoms with Gasteiger partial charge in [0.1, 0.15) is 11.6 Å². The molecule has 2 unspecified atom stereocenters. The number of hydrogen-bond donors (Lipinski definition) is 2. The standard InChI is InChI=1S/C12H20N2O4/c1-2-4-12(10(15)16)5-3-6-14(12)8-9-7-13-11(17)18-9/h9H,2-8H2,1H3,(H,13,17)(H,15,16). The number of aliphatic carboxylic acids is 1. The van der Waals surface area contributed by atoms with Crippen LogP contribution in [0, 0.1) is 0 Å². The van der Waals surface area contributed by atoms with Gasteiger partial charge in [-0.3, -0.25) is 9.69 Å². The molecule has 18 heavy (non-hydrogen) atoms. The number of nitrogens with zero attached hydrogens (tertiary/aromatic N) is 1. The SMILES string of the molecule is CCCC1(C(=O)O)CCCN1CC1CNC(=O)O1. The Morgan fingerprint density at radius 3 is 3.00 bits per heavy atom. The Morgan fingerprint density at radius 2 is 2.44 bits per heavy atom. The van der Waals surface area contributed by atoms with Crippen molar-refractivity contribution in [2.75, 3.05) is 19.6 Å². The van der Waals surface area contributed by atoms with E-state index in [0.717, 1.165) is 19.4 Å². The highest BCUT2D eigenvalue weighted by Crippen LogP contribution is 2.34. The maximum absolute atomic E-state index is 11.6. The highest BCUT2D eigenvalue weighted by Gasteiger charge is 2.47. The number of carboxylic acids is 1. The van der Waals surface area contributed by atoms with Crippen LogP contribution in [0.4, 0.5) is 4.79 Å². The number of likely N-dealkylation sites (tertiary alicyclic amines) is 1. The number of ether oxygens (including phenoxy) is 1. The Labute approximate surface area is 106 Å². The van der Waals surface area contributed by atoms with E-state index in [4.69, 9.17) is 4.74 Å². The average molecular weight is 256 g/mol. The van der Waals surface area contributed by atoms with Gasteiger partial charge in [0.15, 0.2) is 0 Å². The van der Waals surface area contributed by atoms with Crippen LogP contribution in [0.5, 0.6) is 0 Å².